The van der Waals surface area contributed by atoms with Gasteiger partial charge in [-0.1, -0.05) is 0 Å². The van der Waals surface area contributed by atoms with E-state index in [2.05, 4.69) is 4.74 Å². The summed E-state index contributed by atoms with van der Waals surface area (Å²) < 4.78 is 20.0. The van der Waals surface area contributed by atoms with Crippen molar-refractivity contribution in [1.82, 2.24) is 0 Å². The second-order valence-corrected chi connectivity index (χ2v) is 5.54. The van der Waals surface area contributed by atoms with Crippen molar-refractivity contribution >= 4 is 22.7 Å². The lowest BCUT2D eigenvalue weighted by atomic mass is 9.89. The number of ether oxygens (including phenoxy) is 3. The second kappa shape index (κ2) is 5.26. The summed E-state index contributed by atoms with van der Waals surface area (Å²) in [5, 5.41) is 10.2. The van der Waals surface area contributed by atoms with Gasteiger partial charge in [0.1, 0.15) is 22.5 Å². The number of esters is 2. The van der Waals surface area contributed by atoms with E-state index in [-0.39, 0.29) is 40.0 Å². The minimum atomic E-state index is -1.40. The smallest absolute Gasteiger partial charge is 0.375 e. The van der Waals surface area contributed by atoms with Gasteiger partial charge in [0.2, 0.25) is 5.76 Å². The second-order valence-electron chi connectivity index (χ2n) is 5.54. The molecule has 0 unspecified atom stereocenters. The van der Waals surface area contributed by atoms with Crippen molar-refractivity contribution in [1.29, 1.82) is 0 Å². The van der Waals surface area contributed by atoms with Crippen molar-refractivity contribution in [2.24, 2.45) is 0 Å². The van der Waals surface area contributed by atoms with Crippen LogP contribution in [0, 0.1) is 0 Å². The number of phenols is 1. The summed E-state index contributed by atoms with van der Waals surface area (Å²) in [5.74, 6) is -1.86. The first-order valence-electron chi connectivity index (χ1n) is 6.99. The molecule has 0 saturated heterocycles. The van der Waals surface area contributed by atoms with Crippen molar-refractivity contribution in [2.45, 2.75) is 18.9 Å². The molecule has 1 aliphatic heterocycles. The van der Waals surface area contributed by atoms with Gasteiger partial charge in [-0.25, -0.2) is 9.59 Å². The molecule has 0 bridgehead atoms. The van der Waals surface area contributed by atoms with Gasteiger partial charge in [0.15, 0.2) is 0 Å². The maximum atomic E-state index is 12.1. The van der Waals surface area contributed by atoms with Crippen LogP contribution in [0.4, 0.5) is 0 Å². The van der Waals surface area contributed by atoms with Crippen LogP contribution in [0.1, 0.15) is 29.5 Å². The van der Waals surface area contributed by atoms with E-state index in [0.717, 1.165) is 0 Å². The van der Waals surface area contributed by atoms with Gasteiger partial charge in [-0.15, -0.1) is 0 Å². The number of methoxy groups -OCH3 is 2. The highest BCUT2D eigenvalue weighted by Crippen LogP contribution is 2.44. The third-order valence-electron chi connectivity index (χ3n) is 3.96. The fourth-order valence-corrected chi connectivity index (χ4v) is 2.89. The summed E-state index contributed by atoms with van der Waals surface area (Å²) in [4.78, 5) is 35.9. The first-order chi connectivity index (χ1) is 11.3. The summed E-state index contributed by atoms with van der Waals surface area (Å²) >= 11 is 0. The maximum absolute atomic E-state index is 12.1. The molecule has 24 heavy (non-hydrogen) atoms. The molecule has 0 amide bonds. The monoisotopic (exact) mass is 334 g/mol. The van der Waals surface area contributed by atoms with Crippen molar-refractivity contribution in [3.05, 3.63) is 33.9 Å². The first-order valence-corrected chi connectivity index (χ1v) is 6.99. The third kappa shape index (κ3) is 2.18. The van der Waals surface area contributed by atoms with E-state index in [1.165, 1.54) is 33.3 Å². The molecule has 126 valence electrons. The Labute approximate surface area is 135 Å². The summed E-state index contributed by atoms with van der Waals surface area (Å²) in [6.07, 6.45) is -0.275. The van der Waals surface area contributed by atoms with Crippen LogP contribution in [0.5, 0.6) is 11.5 Å². The molecule has 2 aromatic rings. The first kappa shape index (κ1) is 15.9. The van der Waals surface area contributed by atoms with Crippen molar-refractivity contribution in [3.8, 4) is 11.5 Å². The summed E-state index contributed by atoms with van der Waals surface area (Å²) in [7, 11) is 2.60. The Bertz CT molecular complexity index is 926. The Kier molecular flexibility index (Phi) is 3.47. The summed E-state index contributed by atoms with van der Waals surface area (Å²) in [6, 6.07) is 2.73. The number of benzene rings is 1. The van der Waals surface area contributed by atoms with Gasteiger partial charge in [0.25, 0.3) is 0 Å². The maximum Gasteiger partial charge on any atom is 0.375 e. The van der Waals surface area contributed by atoms with E-state index < -0.39 is 23.2 Å². The van der Waals surface area contributed by atoms with E-state index in [4.69, 9.17) is 13.9 Å². The third-order valence-corrected chi connectivity index (χ3v) is 3.96. The summed E-state index contributed by atoms with van der Waals surface area (Å²) in [6.45, 7) is 1.50. The predicted molar refractivity (Wildman–Crippen MR) is 80.1 cm³/mol. The molecule has 8 nitrogen and oxygen atoms in total. The lowest BCUT2D eigenvalue weighted by Gasteiger charge is -2.23. The summed E-state index contributed by atoms with van der Waals surface area (Å²) in [5.41, 5.74) is -2.09. The lowest BCUT2D eigenvalue weighted by Crippen LogP contribution is -2.27. The highest BCUT2D eigenvalue weighted by molar-refractivity contribution is 6.01. The molecule has 1 N–H and O–H groups in total. The van der Waals surface area contributed by atoms with Crippen molar-refractivity contribution in [3.63, 3.8) is 0 Å². The Hall–Kier alpha value is -3.03. The average Bonchev–Trinajstić information content (AvgIpc) is 2.77. The van der Waals surface area contributed by atoms with E-state index in [9.17, 15) is 19.5 Å². The van der Waals surface area contributed by atoms with Crippen LogP contribution in [-0.2, 0) is 19.9 Å². The molecule has 8 heteroatoms. The van der Waals surface area contributed by atoms with Crippen molar-refractivity contribution in [2.75, 3.05) is 14.2 Å². The van der Waals surface area contributed by atoms with Crippen LogP contribution in [-0.4, -0.2) is 31.3 Å². The molecule has 3 rings (SSSR count). The largest absolute Gasteiger partial charge is 0.507 e. The van der Waals surface area contributed by atoms with Crippen LogP contribution in [0.15, 0.2) is 21.3 Å². The highest BCUT2D eigenvalue weighted by atomic mass is 16.6. The van der Waals surface area contributed by atoms with Gasteiger partial charge in [0.05, 0.1) is 26.2 Å². The molecule has 1 aliphatic rings. The van der Waals surface area contributed by atoms with Gasteiger partial charge >= 0.3 is 17.6 Å². The highest BCUT2D eigenvalue weighted by Gasteiger charge is 2.47. The van der Waals surface area contributed by atoms with E-state index in [0.29, 0.717) is 0 Å². The molecule has 0 saturated carbocycles. The molecule has 1 aromatic heterocycles. The standard InChI is InChI=1S/C16H14O8/c1-16(6-10(18)22-3)12-8-4-7(21-2)5-9(17)11(8)14(19)23-13(12)15(20)24-16/h4-5,17H,6H2,1-3H3/t16-/m0/s1. The molecule has 1 atom stereocenters. The van der Waals surface area contributed by atoms with Gasteiger partial charge in [-0.3, -0.25) is 4.79 Å². The Balaban J connectivity index is 2.39. The number of carbonyl (C=O) groups excluding carboxylic acids is 2. The van der Waals surface area contributed by atoms with E-state index in [1.807, 2.05) is 0 Å². The molecular formula is C16H14O8. The molecule has 0 aliphatic carbocycles. The number of fused-ring (bicyclic) bond motifs is 3. The number of hydrogen-bond acceptors (Lipinski definition) is 8. The van der Waals surface area contributed by atoms with Gasteiger partial charge in [0, 0.05) is 11.5 Å². The number of carbonyl (C=O) groups is 2. The zero-order chi connectivity index (χ0) is 17.6. The van der Waals surface area contributed by atoms with E-state index in [1.54, 1.807) is 0 Å². The topological polar surface area (TPSA) is 112 Å². The van der Waals surface area contributed by atoms with Crippen LogP contribution >= 0.6 is 0 Å². The van der Waals surface area contributed by atoms with Crippen LogP contribution < -0.4 is 10.4 Å². The Morgan fingerprint density at radius 2 is 2.00 bits per heavy atom. The van der Waals surface area contributed by atoms with Gasteiger partial charge in [-0.2, -0.15) is 0 Å². The number of phenolic OH excluding ortho intramolecular Hbond substituents is 1. The van der Waals surface area contributed by atoms with Crippen LogP contribution in [0.3, 0.4) is 0 Å². The number of rotatable bonds is 3. The van der Waals surface area contributed by atoms with Gasteiger partial charge in [-0.05, 0) is 13.0 Å². The zero-order valence-electron chi connectivity index (χ0n) is 13.2. The molecule has 2 heterocycles. The quantitative estimate of drug-likeness (QED) is 0.839. The molecule has 0 radical (unpaired) electrons. The Morgan fingerprint density at radius 3 is 2.62 bits per heavy atom. The van der Waals surface area contributed by atoms with Crippen LogP contribution in [0.25, 0.3) is 10.8 Å². The molecule has 0 spiro atoms. The minimum Gasteiger partial charge on any atom is -0.507 e. The molecule has 1 aromatic carbocycles. The van der Waals surface area contributed by atoms with Crippen LogP contribution in [0.2, 0.25) is 0 Å². The molecular weight excluding hydrogens is 320 g/mol. The zero-order valence-corrected chi connectivity index (χ0v) is 13.2. The number of aromatic hydroxyl groups is 1. The van der Waals surface area contributed by atoms with E-state index >= 15 is 0 Å². The molecule has 0 fully saturated rings. The average molecular weight is 334 g/mol. The predicted octanol–water partition coefficient (Wildman–Crippen LogP) is 1.46. The van der Waals surface area contributed by atoms with Gasteiger partial charge < -0.3 is 23.7 Å². The normalized spacial score (nSPS) is 19.0. The fourth-order valence-electron chi connectivity index (χ4n) is 2.89. The number of cyclic esters (lactones) is 1. The number of hydrogen-bond donors (Lipinski definition) is 1. The Morgan fingerprint density at radius 1 is 1.29 bits per heavy atom. The minimum absolute atomic E-state index is 0.121. The van der Waals surface area contributed by atoms with Crippen molar-refractivity contribution < 1.29 is 33.3 Å². The lowest BCUT2D eigenvalue weighted by molar-refractivity contribution is -0.145. The fraction of sp³-hybridized carbons (Fsp3) is 0.312. The SMILES string of the molecule is COC(=O)C[C@]1(C)OC(=O)c2oc(=O)c3c(O)cc(OC)cc3c21.